The van der Waals surface area contributed by atoms with E-state index >= 15 is 0 Å². The number of benzene rings is 1. The molecule has 4 nitrogen and oxygen atoms in total. The molecular formula is C15H17NO3. The number of esters is 1. The molecular weight excluding hydrogens is 242 g/mol. The number of methoxy groups -OCH3 is 2. The van der Waals surface area contributed by atoms with Gasteiger partial charge in [-0.05, 0) is 42.9 Å². The summed E-state index contributed by atoms with van der Waals surface area (Å²) in [7, 11) is 2.98. The van der Waals surface area contributed by atoms with E-state index in [4.69, 9.17) is 9.47 Å². The smallest absolute Gasteiger partial charge is 0.337 e. The Labute approximate surface area is 112 Å². The lowest BCUT2D eigenvalue weighted by Crippen LogP contribution is -2.14. The summed E-state index contributed by atoms with van der Waals surface area (Å²) in [4.78, 5) is 16.2. The third-order valence-electron chi connectivity index (χ3n) is 3.87. The van der Waals surface area contributed by atoms with E-state index in [1.807, 2.05) is 12.3 Å². The van der Waals surface area contributed by atoms with Crippen molar-refractivity contribution in [1.29, 1.82) is 0 Å². The molecule has 1 atom stereocenters. The van der Waals surface area contributed by atoms with Gasteiger partial charge in [-0.1, -0.05) is 0 Å². The second kappa shape index (κ2) is 4.68. The molecule has 2 aliphatic rings. The Bertz CT molecular complexity index is 547. The van der Waals surface area contributed by atoms with Crippen molar-refractivity contribution in [3.8, 4) is 5.75 Å². The van der Waals surface area contributed by atoms with Gasteiger partial charge in [-0.25, -0.2) is 4.79 Å². The Morgan fingerprint density at radius 2 is 2.11 bits per heavy atom. The molecule has 0 amide bonds. The first kappa shape index (κ1) is 12.2. The van der Waals surface area contributed by atoms with Crippen molar-refractivity contribution in [2.24, 2.45) is 16.8 Å². The van der Waals surface area contributed by atoms with Crippen molar-refractivity contribution >= 4 is 17.9 Å². The van der Waals surface area contributed by atoms with Crippen LogP contribution in [0.4, 0.5) is 5.69 Å². The number of rotatable bonds is 3. The maximum atomic E-state index is 11.7. The Hall–Kier alpha value is -1.84. The molecule has 0 aromatic heterocycles. The molecule has 100 valence electrons. The minimum Gasteiger partial charge on any atom is -0.494 e. The highest BCUT2D eigenvalue weighted by Gasteiger charge is 2.33. The fourth-order valence-electron chi connectivity index (χ4n) is 2.65. The maximum absolute atomic E-state index is 11.7. The number of ether oxygens (including phenoxy) is 2. The molecule has 1 aromatic rings. The third kappa shape index (κ3) is 2.23. The molecule has 1 saturated carbocycles. The molecule has 1 fully saturated rings. The lowest BCUT2D eigenvalue weighted by atomic mass is 9.91. The zero-order valence-corrected chi connectivity index (χ0v) is 11.2. The number of nitrogens with zero attached hydrogens (tertiary/aromatic N) is 1. The van der Waals surface area contributed by atoms with Gasteiger partial charge in [0.2, 0.25) is 0 Å². The molecule has 1 aliphatic heterocycles. The van der Waals surface area contributed by atoms with Crippen LogP contribution in [-0.4, -0.2) is 26.4 Å². The predicted molar refractivity (Wildman–Crippen MR) is 72.4 cm³/mol. The van der Waals surface area contributed by atoms with Crippen LogP contribution in [0, 0.1) is 11.8 Å². The molecule has 4 heteroatoms. The fourth-order valence-corrected chi connectivity index (χ4v) is 2.65. The first-order valence-electron chi connectivity index (χ1n) is 6.56. The van der Waals surface area contributed by atoms with Crippen LogP contribution in [0.25, 0.3) is 0 Å². The zero-order valence-electron chi connectivity index (χ0n) is 11.2. The van der Waals surface area contributed by atoms with Crippen molar-refractivity contribution < 1.29 is 14.3 Å². The van der Waals surface area contributed by atoms with Gasteiger partial charge in [0.1, 0.15) is 11.4 Å². The van der Waals surface area contributed by atoms with Gasteiger partial charge in [0.05, 0.1) is 19.8 Å². The molecule has 19 heavy (non-hydrogen) atoms. The normalized spacial score (nSPS) is 20.8. The van der Waals surface area contributed by atoms with Crippen LogP contribution in [0.3, 0.4) is 0 Å². The summed E-state index contributed by atoms with van der Waals surface area (Å²) in [5.41, 5.74) is 2.47. The van der Waals surface area contributed by atoms with E-state index in [2.05, 4.69) is 4.99 Å². The minimum absolute atomic E-state index is 0.335. The first-order chi connectivity index (χ1) is 9.22. The van der Waals surface area contributed by atoms with Gasteiger partial charge in [-0.3, -0.25) is 4.99 Å². The van der Waals surface area contributed by atoms with Gasteiger partial charge in [0, 0.05) is 12.1 Å². The number of hydrogen-bond acceptors (Lipinski definition) is 4. The topological polar surface area (TPSA) is 47.9 Å². The summed E-state index contributed by atoms with van der Waals surface area (Å²) in [5.74, 6) is 1.58. The zero-order chi connectivity index (χ0) is 13.4. The van der Waals surface area contributed by atoms with Crippen LogP contribution in [0.15, 0.2) is 17.1 Å². The largest absolute Gasteiger partial charge is 0.494 e. The summed E-state index contributed by atoms with van der Waals surface area (Å²) < 4.78 is 10.1. The lowest BCUT2D eigenvalue weighted by molar-refractivity contribution is 0.0600. The van der Waals surface area contributed by atoms with Crippen LogP contribution in [0.5, 0.6) is 5.75 Å². The fraction of sp³-hybridized carbons (Fsp3) is 0.467. The molecule has 3 rings (SSSR count). The SMILES string of the molecule is COC(=O)c1cc2c(c(OC)c1)N=CC(C1CC1)C2. The Morgan fingerprint density at radius 3 is 2.74 bits per heavy atom. The minimum atomic E-state index is -0.335. The summed E-state index contributed by atoms with van der Waals surface area (Å²) >= 11 is 0. The molecule has 0 radical (unpaired) electrons. The molecule has 0 saturated heterocycles. The Kier molecular flexibility index (Phi) is 3.01. The third-order valence-corrected chi connectivity index (χ3v) is 3.87. The van der Waals surface area contributed by atoms with Gasteiger partial charge in [-0.15, -0.1) is 0 Å². The van der Waals surface area contributed by atoms with E-state index in [1.54, 1.807) is 13.2 Å². The molecule has 0 spiro atoms. The lowest BCUT2D eigenvalue weighted by Gasteiger charge is -2.20. The average molecular weight is 259 g/mol. The Morgan fingerprint density at radius 1 is 1.32 bits per heavy atom. The highest BCUT2D eigenvalue weighted by atomic mass is 16.5. The second-order valence-electron chi connectivity index (χ2n) is 5.16. The van der Waals surface area contributed by atoms with Crippen LogP contribution in [0.2, 0.25) is 0 Å². The van der Waals surface area contributed by atoms with Gasteiger partial charge in [-0.2, -0.15) is 0 Å². The van der Waals surface area contributed by atoms with Crippen molar-refractivity contribution in [2.75, 3.05) is 14.2 Å². The van der Waals surface area contributed by atoms with E-state index < -0.39 is 0 Å². The van der Waals surface area contributed by atoms with E-state index in [1.165, 1.54) is 20.0 Å². The van der Waals surface area contributed by atoms with E-state index in [-0.39, 0.29) is 5.97 Å². The predicted octanol–water partition coefficient (Wildman–Crippen LogP) is 2.77. The second-order valence-corrected chi connectivity index (χ2v) is 5.16. The van der Waals surface area contributed by atoms with Crippen LogP contribution in [-0.2, 0) is 11.2 Å². The average Bonchev–Trinajstić information content (AvgIpc) is 3.29. The first-order valence-corrected chi connectivity index (χ1v) is 6.56. The van der Waals surface area contributed by atoms with Crippen LogP contribution < -0.4 is 4.74 Å². The van der Waals surface area contributed by atoms with Crippen molar-refractivity contribution in [3.05, 3.63) is 23.3 Å². The molecule has 1 aliphatic carbocycles. The van der Waals surface area contributed by atoms with Gasteiger partial charge in [0.15, 0.2) is 0 Å². The standard InChI is InChI=1S/C15H17NO3/c1-18-13-7-11(15(17)19-2)5-10-6-12(9-3-4-9)8-16-14(10)13/h5,7-9,12H,3-4,6H2,1-2H3. The monoisotopic (exact) mass is 259 g/mol. The number of carbonyl (C=O) groups excluding carboxylic acids is 1. The van der Waals surface area contributed by atoms with E-state index in [0.717, 1.165) is 23.6 Å². The van der Waals surface area contributed by atoms with Gasteiger partial charge >= 0.3 is 5.97 Å². The summed E-state index contributed by atoms with van der Waals surface area (Å²) in [5, 5.41) is 0. The van der Waals surface area contributed by atoms with Crippen molar-refractivity contribution in [2.45, 2.75) is 19.3 Å². The van der Waals surface area contributed by atoms with Crippen molar-refractivity contribution in [1.82, 2.24) is 0 Å². The van der Waals surface area contributed by atoms with E-state index in [9.17, 15) is 4.79 Å². The summed E-state index contributed by atoms with van der Waals surface area (Å²) in [6.07, 6.45) is 5.56. The highest BCUT2D eigenvalue weighted by molar-refractivity contribution is 5.92. The quantitative estimate of drug-likeness (QED) is 0.784. The van der Waals surface area contributed by atoms with Gasteiger partial charge < -0.3 is 9.47 Å². The molecule has 1 aromatic carbocycles. The molecule has 1 unspecified atom stereocenters. The van der Waals surface area contributed by atoms with Crippen molar-refractivity contribution in [3.63, 3.8) is 0 Å². The number of carbonyl (C=O) groups is 1. The van der Waals surface area contributed by atoms with Crippen LogP contribution >= 0.6 is 0 Å². The van der Waals surface area contributed by atoms with Crippen LogP contribution in [0.1, 0.15) is 28.8 Å². The highest BCUT2D eigenvalue weighted by Crippen LogP contribution is 2.43. The Balaban J connectivity index is 2.00. The number of aliphatic imine (C=N–C) groups is 1. The number of hydrogen-bond donors (Lipinski definition) is 0. The number of fused-ring (bicyclic) bond motifs is 1. The summed E-state index contributed by atoms with van der Waals surface area (Å²) in [6, 6.07) is 3.58. The van der Waals surface area contributed by atoms with Gasteiger partial charge in [0.25, 0.3) is 0 Å². The van der Waals surface area contributed by atoms with E-state index in [0.29, 0.717) is 17.2 Å². The molecule has 0 N–H and O–H groups in total. The maximum Gasteiger partial charge on any atom is 0.337 e. The molecule has 0 bridgehead atoms. The molecule has 1 heterocycles. The summed E-state index contributed by atoms with van der Waals surface area (Å²) in [6.45, 7) is 0.